The van der Waals surface area contributed by atoms with E-state index in [1.807, 2.05) is 25.7 Å². The molecular weight excluding hydrogens is 176 g/mol. The fourth-order valence-electron chi connectivity index (χ4n) is 1.90. The summed E-state index contributed by atoms with van der Waals surface area (Å²) < 4.78 is 0. The van der Waals surface area contributed by atoms with Gasteiger partial charge in [-0.2, -0.15) is 5.26 Å². The van der Waals surface area contributed by atoms with Crippen molar-refractivity contribution in [2.45, 2.75) is 39.7 Å². The molecule has 1 fully saturated rings. The first-order valence-electron chi connectivity index (χ1n) is 5.12. The Bertz CT molecular complexity index is 259. The van der Waals surface area contributed by atoms with Crippen LogP contribution in [0.2, 0.25) is 0 Å². The minimum Gasteiger partial charge on any atom is -0.297 e. The molecule has 0 N–H and O–H groups in total. The number of hydrogen-bond donors (Lipinski definition) is 0. The van der Waals surface area contributed by atoms with Gasteiger partial charge in [0.25, 0.3) is 0 Å². The van der Waals surface area contributed by atoms with Crippen molar-refractivity contribution in [2.75, 3.05) is 13.1 Å². The van der Waals surface area contributed by atoms with Gasteiger partial charge in [0.2, 0.25) is 0 Å². The van der Waals surface area contributed by atoms with Crippen molar-refractivity contribution in [1.82, 2.24) is 4.90 Å². The van der Waals surface area contributed by atoms with Crippen LogP contribution in [0.3, 0.4) is 0 Å². The molecule has 1 heterocycles. The van der Waals surface area contributed by atoms with Gasteiger partial charge in [-0.15, -0.1) is 0 Å². The molecule has 0 spiro atoms. The molecule has 0 aromatic rings. The van der Waals surface area contributed by atoms with Crippen LogP contribution < -0.4 is 0 Å². The summed E-state index contributed by atoms with van der Waals surface area (Å²) in [4.78, 5) is 14.0. The molecule has 0 saturated carbocycles. The van der Waals surface area contributed by atoms with Crippen molar-refractivity contribution in [1.29, 1.82) is 5.26 Å². The predicted octanol–water partition coefficient (Wildman–Crippen LogP) is 1.59. The van der Waals surface area contributed by atoms with Crippen molar-refractivity contribution >= 4 is 5.78 Å². The maximum absolute atomic E-state index is 12.0. The van der Waals surface area contributed by atoms with Crippen LogP contribution in [0.1, 0.15) is 33.6 Å². The zero-order valence-electron chi connectivity index (χ0n) is 9.21. The third-order valence-electron chi connectivity index (χ3n) is 2.68. The smallest absolute Gasteiger partial charge is 0.155 e. The van der Waals surface area contributed by atoms with E-state index in [0.29, 0.717) is 6.54 Å². The molecule has 3 nitrogen and oxygen atoms in total. The summed E-state index contributed by atoms with van der Waals surface area (Å²) >= 11 is 0. The second-order valence-corrected chi connectivity index (χ2v) is 4.90. The van der Waals surface area contributed by atoms with E-state index < -0.39 is 0 Å². The van der Waals surface area contributed by atoms with Gasteiger partial charge in [-0.3, -0.25) is 9.69 Å². The Hall–Kier alpha value is -0.880. The van der Waals surface area contributed by atoms with E-state index in [0.717, 1.165) is 19.4 Å². The van der Waals surface area contributed by atoms with Crippen LogP contribution >= 0.6 is 0 Å². The van der Waals surface area contributed by atoms with E-state index in [9.17, 15) is 4.79 Å². The van der Waals surface area contributed by atoms with E-state index in [-0.39, 0.29) is 17.2 Å². The molecule has 1 saturated heterocycles. The first-order valence-corrected chi connectivity index (χ1v) is 5.12. The molecule has 0 radical (unpaired) electrons. The highest BCUT2D eigenvalue weighted by Gasteiger charge is 2.36. The molecule has 0 aromatic carbocycles. The van der Waals surface area contributed by atoms with Crippen LogP contribution in [-0.2, 0) is 4.79 Å². The molecule has 1 aliphatic heterocycles. The van der Waals surface area contributed by atoms with Gasteiger partial charge < -0.3 is 0 Å². The molecule has 0 bridgehead atoms. The van der Waals surface area contributed by atoms with Gasteiger partial charge in [-0.1, -0.05) is 20.8 Å². The third-order valence-corrected chi connectivity index (χ3v) is 2.68. The number of carbonyl (C=O) groups is 1. The first-order chi connectivity index (χ1) is 6.46. The summed E-state index contributed by atoms with van der Waals surface area (Å²) in [6, 6.07) is 2.10. The Morgan fingerprint density at radius 2 is 2.21 bits per heavy atom. The summed E-state index contributed by atoms with van der Waals surface area (Å²) in [7, 11) is 0. The minimum atomic E-state index is -0.289. The maximum atomic E-state index is 12.0. The molecule has 1 aliphatic rings. The Labute approximate surface area is 85.7 Å². The van der Waals surface area contributed by atoms with Gasteiger partial charge in [-0.25, -0.2) is 0 Å². The molecule has 14 heavy (non-hydrogen) atoms. The van der Waals surface area contributed by atoms with Gasteiger partial charge in [0.05, 0.1) is 18.7 Å². The number of carbonyl (C=O) groups excluding carboxylic acids is 1. The van der Waals surface area contributed by atoms with Crippen LogP contribution in [0.15, 0.2) is 0 Å². The van der Waals surface area contributed by atoms with Crippen molar-refractivity contribution in [3.05, 3.63) is 0 Å². The van der Waals surface area contributed by atoms with Crippen LogP contribution in [0, 0.1) is 16.7 Å². The molecule has 0 aliphatic carbocycles. The second kappa shape index (κ2) is 4.10. The van der Waals surface area contributed by atoms with Crippen molar-refractivity contribution < 1.29 is 4.79 Å². The highest BCUT2D eigenvalue weighted by Crippen LogP contribution is 2.26. The molecule has 1 atom stereocenters. The standard InChI is InChI=1S/C11H18N2O/c1-11(2,3)10(14)9-5-4-7-13(9)8-6-12/h9H,4-5,7-8H2,1-3H3/t9-/m0/s1. The highest BCUT2D eigenvalue weighted by molar-refractivity contribution is 5.88. The quantitative estimate of drug-likeness (QED) is 0.627. The van der Waals surface area contributed by atoms with Crippen LogP contribution in [-0.4, -0.2) is 29.8 Å². The summed E-state index contributed by atoms with van der Waals surface area (Å²) in [5.74, 6) is 0.269. The second-order valence-electron chi connectivity index (χ2n) is 4.90. The van der Waals surface area contributed by atoms with E-state index in [4.69, 9.17) is 5.26 Å². The lowest BCUT2D eigenvalue weighted by molar-refractivity contribution is -0.130. The lowest BCUT2D eigenvalue weighted by Crippen LogP contribution is -2.42. The van der Waals surface area contributed by atoms with Gasteiger partial charge in [0.15, 0.2) is 5.78 Å². The fourth-order valence-corrected chi connectivity index (χ4v) is 1.90. The molecule has 3 heteroatoms. The summed E-state index contributed by atoms with van der Waals surface area (Å²) in [6.45, 7) is 7.10. The monoisotopic (exact) mass is 194 g/mol. The maximum Gasteiger partial charge on any atom is 0.155 e. The Kier molecular flexibility index (Phi) is 3.28. The van der Waals surface area contributed by atoms with Gasteiger partial charge in [0.1, 0.15) is 0 Å². The summed E-state index contributed by atoms with van der Waals surface area (Å²) in [5.41, 5.74) is -0.289. The number of rotatable bonds is 2. The average molecular weight is 194 g/mol. The number of ketones is 1. The van der Waals surface area contributed by atoms with E-state index >= 15 is 0 Å². The molecule has 78 valence electrons. The van der Waals surface area contributed by atoms with E-state index in [1.165, 1.54) is 0 Å². The summed E-state index contributed by atoms with van der Waals surface area (Å²) in [5, 5.41) is 8.63. The number of nitriles is 1. The normalized spacial score (nSPS) is 23.4. The predicted molar refractivity (Wildman–Crippen MR) is 54.7 cm³/mol. The Balaban J connectivity index is 2.68. The highest BCUT2D eigenvalue weighted by atomic mass is 16.1. The van der Waals surface area contributed by atoms with Crippen LogP contribution in [0.25, 0.3) is 0 Å². The van der Waals surface area contributed by atoms with E-state index in [1.54, 1.807) is 0 Å². The summed E-state index contributed by atoms with van der Waals surface area (Å²) in [6.07, 6.45) is 1.95. The fraction of sp³-hybridized carbons (Fsp3) is 0.818. The molecule has 0 aromatic heterocycles. The van der Waals surface area contributed by atoms with Gasteiger partial charge in [-0.05, 0) is 19.4 Å². The zero-order chi connectivity index (χ0) is 10.8. The Morgan fingerprint density at radius 3 is 2.71 bits per heavy atom. The molecule has 0 unspecified atom stereocenters. The number of hydrogen-bond acceptors (Lipinski definition) is 3. The van der Waals surface area contributed by atoms with E-state index in [2.05, 4.69) is 6.07 Å². The molecule has 1 rings (SSSR count). The topological polar surface area (TPSA) is 44.1 Å². The lowest BCUT2D eigenvalue weighted by Gasteiger charge is -2.27. The van der Waals surface area contributed by atoms with Crippen LogP contribution in [0.4, 0.5) is 0 Å². The lowest BCUT2D eigenvalue weighted by atomic mass is 9.85. The van der Waals surface area contributed by atoms with Crippen molar-refractivity contribution in [2.24, 2.45) is 5.41 Å². The molecule has 0 amide bonds. The largest absolute Gasteiger partial charge is 0.297 e. The number of Topliss-reactive ketones (excluding diaryl/α,β-unsaturated/α-hetero) is 1. The number of likely N-dealkylation sites (tertiary alicyclic amines) is 1. The number of nitrogens with zero attached hydrogens (tertiary/aromatic N) is 2. The molecular formula is C11H18N2O. The Morgan fingerprint density at radius 1 is 1.57 bits per heavy atom. The third kappa shape index (κ3) is 2.33. The zero-order valence-corrected chi connectivity index (χ0v) is 9.21. The van der Waals surface area contributed by atoms with Gasteiger partial charge >= 0.3 is 0 Å². The van der Waals surface area contributed by atoms with Crippen molar-refractivity contribution in [3.8, 4) is 6.07 Å². The SMILES string of the molecule is CC(C)(C)C(=O)[C@@H]1CCCN1CC#N. The average Bonchev–Trinajstić information content (AvgIpc) is 2.50. The van der Waals surface area contributed by atoms with Crippen LogP contribution in [0.5, 0.6) is 0 Å². The van der Waals surface area contributed by atoms with Crippen molar-refractivity contribution in [3.63, 3.8) is 0 Å². The first kappa shape index (κ1) is 11.2. The minimum absolute atomic E-state index is 0.0188. The van der Waals surface area contributed by atoms with Gasteiger partial charge in [0, 0.05) is 5.41 Å².